The van der Waals surface area contributed by atoms with Gasteiger partial charge in [-0.1, -0.05) is 34.1 Å². The Labute approximate surface area is 171 Å². The van der Waals surface area contributed by atoms with Crippen LogP contribution >= 0.6 is 15.9 Å². The van der Waals surface area contributed by atoms with E-state index in [1.807, 2.05) is 53.1 Å². The van der Waals surface area contributed by atoms with E-state index in [1.165, 1.54) is 0 Å². The van der Waals surface area contributed by atoms with Crippen molar-refractivity contribution in [3.05, 3.63) is 58.8 Å². The highest BCUT2D eigenvalue weighted by Crippen LogP contribution is 2.34. The first-order valence-electron chi connectivity index (χ1n) is 9.23. The molecule has 0 radical (unpaired) electrons. The lowest BCUT2D eigenvalue weighted by Crippen LogP contribution is -2.24. The second kappa shape index (κ2) is 7.75. The molecule has 1 fully saturated rings. The number of rotatable bonds is 5. The molecule has 1 amide bonds. The summed E-state index contributed by atoms with van der Waals surface area (Å²) in [6.45, 7) is 2.74. The molecule has 2 heterocycles. The number of anilines is 1. The van der Waals surface area contributed by atoms with Crippen molar-refractivity contribution in [3.8, 4) is 0 Å². The number of para-hydroxylation sites is 2. The van der Waals surface area contributed by atoms with Crippen LogP contribution in [0.1, 0.15) is 25.1 Å². The van der Waals surface area contributed by atoms with E-state index in [0.717, 1.165) is 27.0 Å². The smallest absolute Gasteiger partial charge is 0.326 e. The monoisotopic (exact) mass is 441 g/mol. The van der Waals surface area contributed by atoms with E-state index < -0.39 is 0 Å². The van der Waals surface area contributed by atoms with Gasteiger partial charge >= 0.3 is 5.97 Å². The number of carbonyl (C=O) groups is 2. The van der Waals surface area contributed by atoms with Crippen molar-refractivity contribution in [1.29, 1.82) is 0 Å². The van der Waals surface area contributed by atoms with Crippen molar-refractivity contribution in [3.63, 3.8) is 0 Å². The van der Waals surface area contributed by atoms with Gasteiger partial charge in [-0.2, -0.15) is 0 Å². The average Bonchev–Trinajstić information content (AvgIpc) is 3.23. The summed E-state index contributed by atoms with van der Waals surface area (Å²) in [6.07, 6.45) is 0.360. The molecule has 0 N–H and O–H groups in total. The molecule has 1 aromatic heterocycles. The maximum Gasteiger partial charge on any atom is 0.326 e. The first-order chi connectivity index (χ1) is 13.6. The second-order valence-corrected chi connectivity index (χ2v) is 7.65. The summed E-state index contributed by atoms with van der Waals surface area (Å²) < 4.78 is 7.95. The highest BCUT2D eigenvalue weighted by molar-refractivity contribution is 9.10. The average molecular weight is 442 g/mol. The number of amides is 1. The number of ether oxygens (including phenoxy) is 1. The number of hydrogen-bond donors (Lipinski definition) is 0. The quantitative estimate of drug-likeness (QED) is 0.563. The molecule has 28 heavy (non-hydrogen) atoms. The molecule has 0 bridgehead atoms. The summed E-state index contributed by atoms with van der Waals surface area (Å²) in [4.78, 5) is 31.4. The van der Waals surface area contributed by atoms with Gasteiger partial charge in [-0.25, -0.2) is 4.98 Å². The van der Waals surface area contributed by atoms with E-state index in [2.05, 4.69) is 15.9 Å². The number of imidazole rings is 1. The Balaban J connectivity index is 1.69. The minimum Gasteiger partial charge on any atom is -0.465 e. The Morgan fingerprint density at radius 2 is 2.07 bits per heavy atom. The van der Waals surface area contributed by atoms with Crippen LogP contribution in [0.4, 0.5) is 5.69 Å². The molecule has 1 unspecified atom stereocenters. The molecule has 144 valence electrons. The fourth-order valence-electron chi connectivity index (χ4n) is 3.68. The van der Waals surface area contributed by atoms with E-state index in [1.54, 1.807) is 11.8 Å². The molecule has 7 heteroatoms. The number of halogens is 1. The number of aromatic nitrogens is 2. The van der Waals surface area contributed by atoms with E-state index >= 15 is 0 Å². The van der Waals surface area contributed by atoms with Crippen LogP contribution in [0.2, 0.25) is 0 Å². The van der Waals surface area contributed by atoms with Crippen LogP contribution in [-0.4, -0.2) is 34.6 Å². The Morgan fingerprint density at radius 3 is 2.86 bits per heavy atom. The van der Waals surface area contributed by atoms with Crippen molar-refractivity contribution >= 4 is 44.5 Å². The van der Waals surface area contributed by atoms with E-state index in [4.69, 9.17) is 9.72 Å². The third-order valence-corrected chi connectivity index (χ3v) is 5.38. The molecular weight excluding hydrogens is 422 g/mol. The summed E-state index contributed by atoms with van der Waals surface area (Å²) >= 11 is 3.46. The number of fused-ring (bicyclic) bond motifs is 1. The fourth-order valence-corrected chi connectivity index (χ4v) is 4.07. The molecule has 2 aromatic carbocycles. The van der Waals surface area contributed by atoms with Crippen molar-refractivity contribution in [2.45, 2.75) is 25.8 Å². The predicted molar refractivity (Wildman–Crippen MR) is 110 cm³/mol. The molecule has 3 aromatic rings. The lowest BCUT2D eigenvalue weighted by atomic mass is 10.1. The molecule has 0 aliphatic carbocycles. The normalized spacial score (nSPS) is 16.7. The van der Waals surface area contributed by atoms with Crippen LogP contribution in [0, 0.1) is 0 Å². The Kier molecular flexibility index (Phi) is 5.17. The lowest BCUT2D eigenvalue weighted by molar-refractivity contribution is -0.143. The zero-order valence-electron chi connectivity index (χ0n) is 15.5. The fraction of sp³-hybridized carbons (Fsp3) is 0.286. The van der Waals surface area contributed by atoms with Crippen LogP contribution in [0.25, 0.3) is 11.0 Å². The van der Waals surface area contributed by atoms with Gasteiger partial charge in [-0.05, 0) is 37.3 Å². The van der Waals surface area contributed by atoms with Gasteiger partial charge in [0.15, 0.2) is 0 Å². The zero-order chi connectivity index (χ0) is 19.7. The highest BCUT2D eigenvalue weighted by atomic mass is 79.9. The number of esters is 1. The minimum absolute atomic E-state index is 0.0536. The number of hydrogen-bond acceptors (Lipinski definition) is 4. The van der Waals surface area contributed by atoms with Gasteiger partial charge in [0.25, 0.3) is 0 Å². The first kappa shape index (κ1) is 18.7. The molecule has 1 aliphatic rings. The maximum atomic E-state index is 12.7. The molecule has 0 spiro atoms. The van der Waals surface area contributed by atoms with Gasteiger partial charge in [0, 0.05) is 29.0 Å². The molecule has 6 nitrogen and oxygen atoms in total. The zero-order valence-corrected chi connectivity index (χ0v) is 17.1. The predicted octanol–water partition coefficient (Wildman–Crippen LogP) is 3.88. The van der Waals surface area contributed by atoms with E-state index in [-0.39, 0.29) is 24.3 Å². The van der Waals surface area contributed by atoms with Gasteiger partial charge in [0.1, 0.15) is 12.4 Å². The Bertz CT molecular complexity index is 1050. The third-order valence-electron chi connectivity index (χ3n) is 4.89. The van der Waals surface area contributed by atoms with Gasteiger partial charge in [-0.15, -0.1) is 0 Å². The van der Waals surface area contributed by atoms with Gasteiger partial charge in [0.05, 0.1) is 17.6 Å². The van der Waals surface area contributed by atoms with E-state index in [9.17, 15) is 9.59 Å². The Hall–Kier alpha value is -2.67. The summed E-state index contributed by atoms with van der Waals surface area (Å²) in [5.74, 6) is 0.409. The first-order valence-corrected chi connectivity index (χ1v) is 10.0. The van der Waals surface area contributed by atoms with Crippen molar-refractivity contribution in [2.24, 2.45) is 0 Å². The van der Waals surface area contributed by atoms with Crippen molar-refractivity contribution < 1.29 is 14.3 Å². The van der Waals surface area contributed by atoms with Crippen molar-refractivity contribution in [1.82, 2.24) is 9.55 Å². The number of carbonyl (C=O) groups excluding carboxylic acids is 2. The standard InChI is InChI=1S/C21H20BrN3O3/c1-2-28-20(27)13-25-18-9-4-3-8-17(18)23-21(25)14-10-19(26)24(12-14)16-7-5-6-15(22)11-16/h3-9,11,14H,2,10,12-13H2,1H3. The lowest BCUT2D eigenvalue weighted by Gasteiger charge is -2.17. The topological polar surface area (TPSA) is 64.4 Å². The molecule has 1 atom stereocenters. The van der Waals surface area contributed by atoms with Crippen LogP contribution < -0.4 is 4.90 Å². The summed E-state index contributed by atoms with van der Waals surface area (Å²) in [7, 11) is 0. The van der Waals surface area contributed by atoms with Crippen molar-refractivity contribution in [2.75, 3.05) is 18.1 Å². The van der Waals surface area contributed by atoms with Gasteiger partial charge in [0.2, 0.25) is 5.91 Å². The Morgan fingerprint density at radius 1 is 1.25 bits per heavy atom. The van der Waals surface area contributed by atoms with E-state index in [0.29, 0.717) is 19.6 Å². The highest BCUT2D eigenvalue weighted by Gasteiger charge is 2.35. The van der Waals surface area contributed by atoms with Crippen LogP contribution in [0.15, 0.2) is 53.0 Å². The number of nitrogens with zero attached hydrogens (tertiary/aromatic N) is 3. The van der Waals surface area contributed by atoms with Gasteiger partial charge in [-0.3, -0.25) is 9.59 Å². The SMILES string of the molecule is CCOC(=O)Cn1c(C2CC(=O)N(c3cccc(Br)c3)C2)nc2ccccc21. The molecule has 1 saturated heterocycles. The molecule has 4 rings (SSSR count). The van der Waals surface area contributed by atoms with Crippen LogP contribution in [-0.2, 0) is 20.9 Å². The van der Waals surface area contributed by atoms with Gasteiger partial charge < -0.3 is 14.2 Å². The molecular formula is C21H20BrN3O3. The second-order valence-electron chi connectivity index (χ2n) is 6.74. The minimum atomic E-state index is -0.305. The van der Waals surface area contributed by atoms with Crippen LogP contribution in [0.3, 0.4) is 0 Å². The summed E-state index contributed by atoms with van der Waals surface area (Å²) in [5.41, 5.74) is 2.55. The number of benzene rings is 2. The molecule has 0 saturated carbocycles. The summed E-state index contributed by atoms with van der Waals surface area (Å²) in [6, 6.07) is 15.4. The summed E-state index contributed by atoms with van der Waals surface area (Å²) in [5, 5.41) is 0. The third kappa shape index (κ3) is 3.54. The van der Waals surface area contributed by atoms with Crippen LogP contribution in [0.5, 0.6) is 0 Å². The maximum absolute atomic E-state index is 12.7. The largest absolute Gasteiger partial charge is 0.465 e. The molecule has 1 aliphatic heterocycles.